The van der Waals surface area contributed by atoms with Crippen molar-refractivity contribution < 1.29 is 9.59 Å². The second kappa shape index (κ2) is 8.02. The van der Waals surface area contributed by atoms with Crippen LogP contribution < -0.4 is 10.6 Å². The number of halogens is 1. The van der Waals surface area contributed by atoms with Crippen LogP contribution in [0.2, 0.25) is 5.02 Å². The second-order valence-electron chi connectivity index (χ2n) is 6.49. The molecular weight excluding hydrogens is 356 g/mol. The molecule has 0 bridgehead atoms. The molecule has 1 aliphatic rings. The predicted octanol–water partition coefficient (Wildman–Crippen LogP) is 3.69. The Bertz CT molecular complexity index is 730. The Balaban J connectivity index is 1.57. The van der Waals surface area contributed by atoms with Crippen LogP contribution in [-0.2, 0) is 22.6 Å². The van der Waals surface area contributed by atoms with Crippen molar-refractivity contribution in [1.82, 2.24) is 10.6 Å². The van der Waals surface area contributed by atoms with E-state index in [1.165, 1.54) is 0 Å². The van der Waals surface area contributed by atoms with Crippen LogP contribution >= 0.6 is 22.9 Å². The van der Waals surface area contributed by atoms with Gasteiger partial charge in [0.05, 0.1) is 6.54 Å². The number of nitrogens with one attached hydrogen (secondary N) is 2. The van der Waals surface area contributed by atoms with E-state index >= 15 is 0 Å². The van der Waals surface area contributed by atoms with Crippen LogP contribution in [0.15, 0.2) is 41.8 Å². The summed E-state index contributed by atoms with van der Waals surface area (Å²) in [5, 5.41) is 8.75. The first-order valence-corrected chi connectivity index (χ1v) is 9.65. The molecule has 4 nitrogen and oxygen atoms in total. The first-order chi connectivity index (χ1) is 12.0. The van der Waals surface area contributed by atoms with E-state index in [4.69, 9.17) is 11.6 Å². The highest BCUT2D eigenvalue weighted by Gasteiger charge is 2.37. The van der Waals surface area contributed by atoms with Gasteiger partial charge in [-0.05, 0) is 48.4 Å². The van der Waals surface area contributed by atoms with Gasteiger partial charge in [-0.3, -0.25) is 9.59 Å². The van der Waals surface area contributed by atoms with Crippen molar-refractivity contribution in [3.8, 4) is 0 Å². The topological polar surface area (TPSA) is 58.2 Å². The van der Waals surface area contributed by atoms with Crippen molar-refractivity contribution in [1.29, 1.82) is 0 Å². The van der Waals surface area contributed by atoms with Crippen molar-refractivity contribution in [3.05, 3.63) is 57.2 Å². The van der Waals surface area contributed by atoms with E-state index in [9.17, 15) is 9.59 Å². The predicted molar refractivity (Wildman–Crippen MR) is 101 cm³/mol. The van der Waals surface area contributed by atoms with Crippen molar-refractivity contribution >= 4 is 34.8 Å². The van der Waals surface area contributed by atoms with Gasteiger partial charge in [-0.15, -0.1) is 11.3 Å². The summed E-state index contributed by atoms with van der Waals surface area (Å²) < 4.78 is 0. The average molecular weight is 377 g/mol. The van der Waals surface area contributed by atoms with Crippen LogP contribution in [0, 0.1) is 0 Å². The monoisotopic (exact) mass is 376 g/mol. The summed E-state index contributed by atoms with van der Waals surface area (Å²) in [6.07, 6.45) is 3.03. The van der Waals surface area contributed by atoms with Gasteiger partial charge in [0.2, 0.25) is 11.8 Å². The minimum Gasteiger partial charge on any atom is -0.351 e. The molecular formula is C19H21ClN2O2S. The third kappa shape index (κ3) is 5.06. The van der Waals surface area contributed by atoms with E-state index in [0.717, 1.165) is 16.9 Å². The van der Waals surface area contributed by atoms with Gasteiger partial charge in [0.1, 0.15) is 0 Å². The standard InChI is InChI=1S/C19H21ClN2O2S/c20-15-5-3-14(4-6-15)12-19(10-8-18(24)22-19)9-7-17(23)21-13-16-2-1-11-25-16/h1-6,11H,7-10,12-13H2,(H,21,23)(H,22,24). The Labute approximate surface area is 156 Å². The van der Waals surface area contributed by atoms with Gasteiger partial charge >= 0.3 is 0 Å². The molecule has 3 rings (SSSR count). The van der Waals surface area contributed by atoms with Gasteiger partial charge in [-0.25, -0.2) is 0 Å². The highest BCUT2D eigenvalue weighted by Crippen LogP contribution is 2.30. The second-order valence-corrected chi connectivity index (χ2v) is 7.96. The van der Waals surface area contributed by atoms with Gasteiger partial charge in [-0.2, -0.15) is 0 Å². The Kier molecular flexibility index (Phi) is 5.76. The summed E-state index contributed by atoms with van der Waals surface area (Å²) in [4.78, 5) is 25.1. The molecule has 1 aromatic carbocycles. The molecule has 0 aliphatic carbocycles. The minimum absolute atomic E-state index is 0.0185. The molecule has 2 aromatic rings. The van der Waals surface area contributed by atoms with Crippen LogP contribution in [0.1, 0.15) is 36.1 Å². The average Bonchev–Trinajstić information content (AvgIpc) is 3.24. The molecule has 2 N–H and O–H groups in total. The molecule has 0 saturated carbocycles. The smallest absolute Gasteiger partial charge is 0.220 e. The maximum atomic E-state index is 12.2. The molecule has 6 heteroatoms. The molecule has 1 fully saturated rings. The number of carbonyl (C=O) groups is 2. The van der Waals surface area contributed by atoms with Gasteiger partial charge in [0, 0.05) is 28.3 Å². The third-order valence-electron chi connectivity index (χ3n) is 4.56. The SMILES string of the molecule is O=C(CCC1(Cc2ccc(Cl)cc2)CCC(=O)N1)NCc1cccs1. The van der Waals surface area contributed by atoms with Gasteiger partial charge in [0.15, 0.2) is 0 Å². The lowest BCUT2D eigenvalue weighted by Gasteiger charge is -2.29. The van der Waals surface area contributed by atoms with Crippen molar-refractivity contribution in [2.24, 2.45) is 0 Å². The summed E-state index contributed by atoms with van der Waals surface area (Å²) in [6.45, 7) is 0.563. The summed E-state index contributed by atoms with van der Waals surface area (Å²) in [5.41, 5.74) is 0.774. The number of hydrogen-bond acceptors (Lipinski definition) is 3. The lowest BCUT2D eigenvalue weighted by atomic mass is 9.85. The van der Waals surface area contributed by atoms with Crippen LogP contribution in [0.25, 0.3) is 0 Å². The number of hydrogen-bond donors (Lipinski definition) is 2. The Morgan fingerprint density at radius 3 is 2.72 bits per heavy atom. The number of thiophene rings is 1. The fourth-order valence-electron chi connectivity index (χ4n) is 3.22. The molecule has 2 amide bonds. The summed E-state index contributed by atoms with van der Waals surface area (Å²) in [6, 6.07) is 11.6. The Morgan fingerprint density at radius 2 is 2.08 bits per heavy atom. The third-order valence-corrected chi connectivity index (χ3v) is 5.69. The normalized spacial score (nSPS) is 19.6. The molecule has 132 valence electrons. The van der Waals surface area contributed by atoms with Crippen LogP contribution in [0.3, 0.4) is 0 Å². The summed E-state index contributed by atoms with van der Waals surface area (Å²) >= 11 is 7.57. The molecule has 0 radical (unpaired) electrons. The van der Waals surface area contributed by atoms with Crippen molar-refractivity contribution in [2.45, 2.75) is 44.2 Å². The lowest BCUT2D eigenvalue weighted by Crippen LogP contribution is -2.44. The fraction of sp³-hybridized carbons (Fsp3) is 0.368. The van der Waals surface area contributed by atoms with Gasteiger partial charge in [-0.1, -0.05) is 29.8 Å². The van der Waals surface area contributed by atoms with Crippen LogP contribution in [0.4, 0.5) is 0 Å². The number of rotatable bonds is 7. The molecule has 1 aromatic heterocycles. The zero-order chi connectivity index (χ0) is 17.7. The zero-order valence-electron chi connectivity index (χ0n) is 13.9. The first kappa shape index (κ1) is 18.0. The van der Waals surface area contributed by atoms with Gasteiger partial charge < -0.3 is 10.6 Å². The molecule has 0 spiro atoms. The summed E-state index contributed by atoms with van der Waals surface area (Å²) in [7, 11) is 0. The Morgan fingerprint density at radius 1 is 1.28 bits per heavy atom. The van der Waals surface area contributed by atoms with E-state index < -0.39 is 0 Å². The van der Waals surface area contributed by atoms with E-state index in [1.54, 1.807) is 11.3 Å². The quantitative estimate of drug-likeness (QED) is 0.774. The highest BCUT2D eigenvalue weighted by molar-refractivity contribution is 7.09. The van der Waals surface area contributed by atoms with E-state index in [0.29, 0.717) is 37.3 Å². The van der Waals surface area contributed by atoms with Crippen molar-refractivity contribution in [2.75, 3.05) is 0 Å². The van der Waals surface area contributed by atoms with Crippen molar-refractivity contribution in [3.63, 3.8) is 0 Å². The molecule has 2 heterocycles. The molecule has 1 unspecified atom stereocenters. The maximum absolute atomic E-state index is 12.2. The fourth-order valence-corrected chi connectivity index (χ4v) is 3.99. The number of amides is 2. The molecule has 1 saturated heterocycles. The first-order valence-electron chi connectivity index (χ1n) is 8.39. The van der Waals surface area contributed by atoms with Crippen LogP contribution in [-0.4, -0.2) is 17.4 Å². The maximum Gasteiger partial charge on any atom is 0.220 e. The highest BCUT2D eigenvalue weighted by atomic mass is 35.5. The van der Waals surface area contributed by atoms with E-state index in [1.807, 2.05) is 41.8 Å². The molecule has 25 heavy (non-hydrogen) atoms. The largest absolute Gasteiger partial charge is 0.351 e. The van der Waals surface area contributed by atoms with Crippen LogP contribution in [0.5, 0.6) is 0 Å². The summed E-state index contributed by atoms with van der Waals surface area (Å²) in [5.74, 6) is 0.0815. The molecule has 1 aliphatic heterocycles. The van der Waals surface area contributed by atoms with E-state index in [-0.39, 0.29) is 17.4 Å². The van der Waals surface area contributed by atoms with E-state index in [2.05, 4.69) is 10.6 Å². The minimum atomic E-state index is -0.342. The molecule has 1 atom stereocenters. The number of benzene rings is 1. The number of carbonyl (C=O) groups excluding carboxylic acids is 2. The van der Waals surface area contributed by atoms with Gasteiger partial charge in [0.25, 0.3) is 0 Å². The lowest BCUT2D eigenvalue weighted by molar-refractivity contribution is -0.122. The Hall–Kier alpha value is -1.85. The zero-order valence-corrected chi connectivity index (χ0v) is 15.5.